The number of aromatic nitrogens is 2. The van der Waals surface area contributed by atoms with Crippen LogP contribution in [0.5, 0.6) is 0 Å². The molecule has 0 atom stereocenters. The predicted octanol–water partition coefficient (Wildman–Crippen LogP) is -1.40. The van der Waals surface area contributed by atoms with Crippen LogP contribution in [0.4, 0.5) is 12.9 Å². The molecule has 74 valence electrons. The SMILES string of the molecule is CC(C)c1cnn(C)c1[B-](F)(F)F.[K+]. The number of aryl methyl sites for hydroxylation is 1. The van der Waals surface area contributed by atoms with Gasteiger partial charge in [-0.15, -0.1) is 0 Å². The summed E-state index contributed by atoms with van der Waals surface area (Å²) in [5, 5.41) is 3.62. The van der Waals surface area contributed by atoms with Crippen LogP contribution >= 0.6 is 0 Å². The molecule has 0 N–H and O–H groups in total. The molecule has 7 heteroatoms. The van der Waals surface area contributed by atoms with E-state index >= 15 is 0 Å². The van der Waals surface area contributed by atoms with Gasteiger partial charge in [-0.1, -0.05) is 13.8 Å². The van der Waals surface area contributed by atoms with E-state index in [2.05, 4.69) is 5.10 Å². The third kappa shape index (κ3) is 3.10. The van der Waals surface area contributed by atoms with E-state index in [1.54, 1.807) is 13.8 Å². The van der Waals surface area contributed by atoms with Gasteiger partial charge in [-0.3, -0.25) is 0 Å². The number of nitrogens with zero attached hydrogens (tertiary/aromatic N) is 2. The molecule has 0 aliphatic rings. The Labute approximate surface area is 124 Å². The third-order valence-corrected chi connectivity index (χ3v) is 1.95. The summed E-state index contributed by atoms with van der Waals surface area (Å²) in [7, 11) is 1.32. The van der Waals surface area contributed by atoms with Gasteiger partial charge in [0.05, 0.1) is 0 Å². The molecule has 1 rings (SSSR count). The molecule has 0 spiro atoms. The fourth-order valence-corrected chi connectivity index (χ4v) is 1.31. The van der Waals surface area contributed by atoms with Gasteiger partial charge in [0.2, 0.25) is 0 Å². The monoisotopic (exact) mass is 230 g/mol. The second kappa shape index (κ2) is 5.16. The minimum atomic E-state index is -4.95. The summed E-state index contributed by atoms with van der Waals surface area (Å²) in [6.07, 6.45) is 1.29. The summed E-state index contributed by atoms with van der Waals surface area (Å²) in [5.74, 6) is -0.146. The molecule has 1 aromatic rings. The van der Waals surface area contributed by atoms with Crippen molar-refractivity contribution in [2.45, 2.75) is 19.8 Å². The van der Waals surface area contributed by atoms with Crippen LogP contribution in [0, 0.1) is 0 Å². The number of halogens is 3. The van der Waals surface area contributed by atoms with E-state index in [0.717, 1.165) is 4.68 Å². The van der Waals surface area contributed by atoms with Crippen molar-refractivity contribution in [3.8, 4) is 0 Å². The first-order valence-electron chi connectivity index (χ1n) is 4.05. The maximum atomic E-state index is 12.5. The van der Waals surface area contributed by atoms with Crippen molar-refractivity contribution in [3.05, 3.63) is 11.8 Å². The molecule has 14 heavy (non-hydrogen) atoms. The summed E-state index contributed by atoms with van der Waals surface area (Å²) >= 11 is 0. The van der Waals surface area contributed by atoms with E-state index in [-0.39, 0.29) is 62.9 Å². The first kappa shape index (κ1) is 14.7. The largest absolute Gasteiger partial charge is 1.00 e. The number of hydrogen-bond acceptors (Lipinski definition) is 1. The topological polar surface area (TPSA) is 17.8 Å². The van der Waals surface area contributed by atoms with Gasteiger partial charge >= 0.3 is 58.4 Å². The molecule has 0 aliphatic heterocycles. The zero-order valence-corrected chi connectivity index (χ0v) is 11.9. The Morgan fingerprint density at radius 3 is 2.14 bits per heavy atom. The van der Waals surface area contributed by atoms with Crippen molar-refractivity contribution in [3.63, 3.8) is 0 Å². The average molecular weight is 230 g/mol. The summed E-state index contributed by atoms with van der Waals surface area (Å²) in [5.41, 5.74) is -0.315. The van der Waals surface area contributed by atoms with Crippen molar-refractivity contribution in [2.24, 2.45) is 7.05 Å². The minimum absolute atomic E-state index is 0. The van der Waals surface area contributed by atoms with E-state index in [1.807, 2.05) is 0 Å². The fourth-order valence-electron chi connectivity index (χ4n) is 1.31. The molecular formula is C7H11BF3KN2. The van der Waals surface area contributed by atoms with Crippen molar-refractivity contribution in [1.29, 1.82) is 0 Å². The molecule has 2 nitrogen and oxygen atoms in total. The molecule has 0 radical (unpaired) electrons. The second-order valence-electron chi connectivity index (χ2n) is 3.34. The van der Waals surface area contributed by atoms with Crippen LogP contribution in [0.25, 0.3) is 0 Å². The van der Waals surface area contributed by atoms with Crippen LogP contribution in [-0.4, -0.2) is 16.8 Å². The maximum absolute atomic E-state index is 12.5. The van der Waals surface area contributed by atoms with E-state index in [9.17, 15) is 12.9 Å². The zero-order valence-electron chi connectivity index (χ0n) is 8.76. The van der Waals surface area contributed by atoms with Gasteiger partial charge in [0.1, 0.15) is 0 Å². The quantitative estimate of drug-likeness (QED) is 0.571. The summed E-state index contributed by atoms with van der Waals surface area (Å²) < 4.78 is 38.4. The van der Waals surface area contributed by atoms with Crippen LogP contribution in [0.3, 0.4) is 0 Å². The molecule has 0 aliphatic carbocycles. The molecule has 0 saturated heterocycles. The molecule has 0 unspecified atom stereocenters. The van der Waals surface area contributed by atoms with Crippen LogP contribution in [0.2, 0.25) is 0 Å². The molecule has 1 aromatic heterocycles. The molecule has 0 bridgehead atoms. The number of rotatable bonds is 2. The average Bonchev–Trinajstić information content (AvgIpc) is 2.28. The molecule has 0 amide bonds. The molecule has 0 fully saturated rings. The van der Waals surface area contributed by atoms with Crippen LogP contribution < -0.4 is 57.0 Å². The normalized spacial score (nSPS) is 11.6. The number of hydrogen-bond donors (Lipinski definition) is 0. The molecule has 0 saturated carbocycles. The van der Waals surface area contributed by atoms with Gasteiger partial charge in [-0.2, -0.15) is 5.10 Å². The van der Waals surface area contributed by atoms with Gasteiger partial charge in [-0.05, 0) is 17.1 Å². The summed E-state index contributed by atoms with van der Waals surface area (Å²) in [6, 6.07) is 0. The minimum Gasteiger partial charge on any atom is -0.444 e. The second-order valence-corrected chi connectivity index (χ2v) is 3.34. The molecule has 1 heterocycles. The van der Waals surface area contributed by atoms with Crippen molar-refractivity contribution in [2.75, 3.05) is 0 Å². The van der Waals surface area contributed by atoms with Gasteiger partial charge in [0, 0.05) is 13.2 Å². The molecule has 0 aromatic carbocycles. The van der Waals surface area contributed by atoms with Gasteiger partial charge in [0.25, 0.3) is 0 Å². The predicted molar refractivity (Wildman–Crippen MR) is 46.0 cm³/mol. The maximum Gasteiger partial charge on any atom is 1.00 e. The van der Waals surface area contributed by atoms with Crippen molar-refractivity contribution < 1.29 is 64.3 Å². The Balaban J connectivity index is 0.00000169. The Kier molecular flexibility index (Phi) is 5.42. The summed E-state index contributed by atoms with van der Waals surface area (Å²) in [6.45, 7) is -1.50. The Hall–Kier alpha value is 0.701. The first-order chi connectivity index (χ1) is 5.84. The molecular weight excluding hydrogens is 219 g/mol. The van der Waals surface area contributed by atoms with Gasteiger partial charge in [-0.25, -0.2) is 0 Å². The van der Waals surface area contributed by atoms with Gasteiger partial charge in [0.15, 0.2) is 0 Å². The fraction of sp³-hybridized carbons (Fsp3) is 0.571. The Morgan fingerprint density at radius 1 is 1.36 bits per heavy atom. The first-order valence-corrected chi connectivity index (χ1v) is 4.05. The van der Waals surface area contributed by atoms with Crippen LogP contribution in [0.15, 0.2) is 6.20 Å². The van der Waals surface area contributed by atoms with Crippen LogP contribution in [-0.2, 0) is 7.05 Å². The summed E-state index contributed by atoms with van der Waals surface area (Å²) in [4.78, 5) is 0. The van der Waals surface area contributed by atoms with Crippen LogP contribution in [0.1, 0.15) is 25.3 Å². The van der Waals surface area contributed by atoms with E-state index in [1.165, 1.54) is 13.2 Å². The third-order valence-electron chi connectivity index (χ3n) is 1.95. The van der Waals surface area contributed by atoms with Gasteiger partial charge < -0.3 is 17.6 Å². The Morgan fingerprint density at radius 2 is 1.86 bits per heavy atom. The Bertz CT molecular complexity index is 308. The van der Waals surface area contributed by atoms with E-state index < -0.39 is 12.6 Å². The standard InChI is InChI=1S/C7H11BF3N2.K/c1-5(2)6-4-12-13(3)7(6)8(9,10)11;/h4-5H,1-3H3;/q-1;+1. The van der Waals surface area contributed by atoms with Crippen molar-refractivity contribution >= 4 is 12.6 Å². The zero-order chi connectivity index (χ0) is 10.2. The smallest absolute Gasteiger partial charge is 0.444 e. The van der Waals surface area contributed by atoms with E-state index in [0.29, 0.717) is 0 Å². The van der Waals surface area contributed by atoms with E-state index in [4.69, 9.17) is 0 Å². The van der Waals surface area contributed by atoms with Crippen molar-refractivity contribution in [1.82, 2.24) is 9.78 Å².